The van der Waals surface area contributed by atoms with Gasteiger partial charge >= 0.3 is 0 Å². The summed E-state index contributed by atoms with van der Waals surface area (Å²) in [6.45, 7) is 9.32. The molecule has 2 N–H and O–H groups in total. The molecule has 0 unspecified atom stereocenters. The van der Waals surface area contributed by atoms with Crippen molar-refractivity contribution in [1.82, 2.24) is 25.1 Å². The third kappa shape index (κ3) is 5.71. The second kappa shape index (κ2) is 10.3. The third-order valence-corrected chi connectivity index (χ3v) is 6.75. The summed E-state index contributed by atoms with van der Waals surface area (Å²) in [6.07, 6.45) is 4.27. The number of nitrogens with zero attached hydrogens (tertiary/aromatic N) is 4. The molecule has 3 heterocycles. The molecule has 1 aromatic carbocycles. The maximum Gasteiger partial charge on any atom is 0.129 e. The standard InChI is InChI=1S/C26H36N6O/c1-17-24(18(2)31-30-17)14-22-12-21(6-7-25(22)33-5)16-32-10-8-20(9-11-32)13-23-15-26(27-4)29-19(3)28-23/h6-7,12,15,20H,8-11,13-14,16H2,1-5H3,(H,30,31)(H,27,28,29). The van der Waals surface area contributed by atoms with Gasteiger partial charge in [-0.05, 0) is 76.2 Å². The number of hydrogen-bond donors (Lipinski definition) is 2. The number of hydrogen-bond acceptors (Lipinski definition) is 6. The summed E-state index contributed by atoms with van der Waals surface area (Å²) in [5, 5.41) is 10.6. The molecule has 4 rings (SSSR count). The molecule has 1 saturated heterocycles. The summed E-state index contributed by atoms with van der Waals surface area (Å²) in [4.78, 5) is 11.6. The summed E-state index contributed by atoms with van der Waals surface area (Å²) in [5.74, 6) is 3.37. The van der Waals surface area contributed by atoms with Crippen molar-refractivity contribution >= 4 is 5.82 Å². The smallest absolute Gasteiger partial charge is 0.129 e. The van der Waals surface area contributed by atoms with E-state index in [1.165, 1.54) is 29.5 Å². The van der Waals surface area contributed by atoms with E-state index in [1.807, 2.05) is 14.0 Å². The third-order valence-electron chi connectivity index (χ3n) is 6.75. The fourth-order valence-corrected chi connectivity index (χ4v) is 4.86. The predicted molar refractivity (Wildman–Crippen MR) is 132 cm³/mol. The number of piperidine rings is 1. The molecular weight excluding hydrogens is 412 g/mol. The van der Waals surface area contributed by atoms with Crippen molar-refractivity contribution in [2.24, 2.45) is 5.92 Å². The van der Waals surface area contributed by atoms with E-state index in [0.717, 1.165) is 66.9 Å². The SMILES string of the molecule is CNc1cc(CC2CCN(Cc3ccc(OC)c(Cc4c(C)n[nH]c4C)c3)CC2)nc(C)n1. The molecular formula is C26H36N6O. The topological polar surface area (TPSA) is 79.0 Å². The molecule has 1 fully saturated rings. The summed E-state index contributed by atoms with van der Waals surface area (Å²) in [5.41, 5.74) is 7.15. The minimum absolute atomic E-state index is 0.679. The van der Waals surface area contributed by atoms with E-state index in [9.17, 15) is 0 Å². The van der Waals surface area contributed by atoms with E-state index in [-0.39, 0.29) is 0 Å². The van der Waals surface area contributed by atoms with Gasteiger partial charge in [0.25, 0.3) is 0 Å². The number of nitrogens with one attached hydrogen (secondary N) is 2. The largest absolute Gasteiger partial charge is 0.496 e. The minimum atomic E-state index is 0.679. The Morgan fingerprint density at radius 3 is 2.58 bits per heavy atom. The van der Waals surface area contributed by atoms with Crippen LogP contribution in [0.4, 0.5) is 5.82 Å². The van der Waals surface area contributed by atoms with Gasteiger partial charge in [0.1, 0.15) is 17.4 Å². The van der Waals surface area contributed by atoms with Gasteiger partial charge < -0.3 is 10.1 Å². The summed E-state index contributed by atoms with van der Waals surface area (Å²) < 4.78 is 5.66. The Morgan fingerprint density at radius 1 is 1.12 bits per heavy atom. The Kier molecular flexibility index (Phi) is 7.28. The zero-order chi connectivity index (χ0) is 23.4. The molecule has 0 spiro atoms. The van der Waals surface area contributed by atoms with E-state index in [1.54, 1.807) is 7.11 Å². The molecule has 176 valence electrons. The maximum atomic E-state index is 5.66. The number of likely N-dealkylation sites (tertiary alicyclic amines) is 1. The zero-order valence-corrected chi connectivity index (χ0v) is 20.5. The van der Waals surface area contributed by atoms with E-state index >= 15 is 0 Å². The van der Waals surface area contributed by atoms with Crippen LogP contribution in [-0.2, 0) is 19.4 Å². The van der Waals surface area contributed by atoms with Gasteiger partial charge in [0.2, 0.25) is 0 Å². The van der Waals surface area contributed by atoms with Crippen molar-refractivity contribution in [3.8, 4) is 5.75 Å². The Labute approximate surface area is 197 Å². The van der Waals surface area contributed by atoms with Crippen LogP contribution in [0, 0.1) is 26.7 Å². The van der Waals surface area contributed by atoms with Crippen LogP contribution in [0.1, 0.15) is 52.4 Å². The monoisotopic (exact) mass is 448 g/mol. The van der Waals surface area contributed by atoms with Crippen LogP contribution < -0.4 is 10.1 Å². The molecule has 0 radical (unpaired) electrons. The molecule has 0 aliphatic carbocycles. The van der Waals surface area contributed by atoms with Crippen LogP contribution in [0.15, 0.2) is 24.3 Å². The number of methoxy groups -OCH3 is 1. The van der Waals surface area contributed by atoms with Crippen molar-refractivity contribution in [3.05, 3.63) is 63.9 Å². The van der Waals surface area contributed by atoms with Gasteiger partial charge in [0, 0.05) is 43.0 Å². The van der Waals surface area contributed by atoms with Crippen molar-refractivity contribution in [2.45, 2.75) is 53.0 Å². The lowest BCUT2D eigenvalue weighted by molar-refractivity contribution is 0.176. The molecule has 0 atom stereocenters. The molecule has 3 aromatic rings. The van der Waals surface area contributed by atoms with Crippen molar-refractivity contribution in [3.63, 3.8) is 0 Å². The predicted octanol–water partition coefficient (Wildman–Crippen LogP) is 4.22. The number of ether oxygens (including phenoxy) is 1. The molecule has 0 saturated carbocycles. The average Bonchev–Trinajstić information content (AvgIpc) is 3.12. The lowest BCUT2D eigenvalue weighted by Crippen LogP contribution is -2.34. The number of anilines is 1. The number of aromatic amines is 1. The van der Waals surface area contributed by atoms with Crippen LogP contribution in [0.25, 0.3) is 0 Å². The van der Waals surface area contributed by atoms with Crippen LogP contribution in [0.5, 0.6) is 5.75 Å². The van der Waals surface area contributed by atoms with Crippen LogP contribution >= 0.6 is 0 Å². The first-order chi connectivity index (χ1) is 15.9. The summed E-state index contributed by atoms with van der Waals surface area (Å²) in [6, 6.07) is 8.70. The number of rotatable bonds is 8. The molecule has 1 aliphatic rings. The van der Waals surface area contributed by atoms with E-state index in [0.29, 0.717) is 5.92 Å². The van der Waals surface area contributed by atoms with Gasteiger partial charge in [-0.25, -0.2) is 9.97 Å². The van der Waals surface area contributed by atoms with Crippen LogP contribution in [0.2, 0.25) is 0 Å². The molecule has 7 heteroatoms. The Balaban J connectivity index is 1.37. The maximum absolute atomic E-state index is 5.66. The quantitative estimate of drug-likeness (QED) is 0.537. The number of aromatic nitrogens is 4. The van der Waals surface area contributed by atoms with Crippen molar-refractivity contribution < 1.29 is 4.74 Å². The fraction of sp³-hybridized carbons (Fsp3) is 0.500. The average molecular weight is 449 g/mol. The summed E-state index contributed by atoms with van der Waals surface area (Å²) >= 11 is 0. The Bertz CT molecular complexity index is 1060. The van der Waals surface area contributed by atoms with Crippen LogP contribution in [0.3, 0.4) is 0 Å². The van der Waals surface area contributed by atoms with Gasteiger partial charge in [-0.2, -0.15) is 5.10 Å². The molecule has 0 amide bonds. The first-order valence-electron chi connectivity index (χ1n) is 11.9. The highest BCUT2D eigenvalue weighted by Gasteiger charge is 2.21. The van der Waals surface area contributed by atoms with E-state index < -0.39 is 0 Å². The lowest BCUT2D eigenvalue weighted by atomic mass is 9.91. The van der Waals surface area contributed by atoms with Gasteiger partial charge in [-0.15, -0.1) is 0 Å². The highest BCUT2D eigenvalue weighted by Crippen LogP contribution is 2.27. The van der Waals surface area contributed by atoms with E-state index in [2.05, 4.69) is 68.5 Å². The first kappa shape index (κ1) is 23.2. The fourth-order valence-electron chi connectivity index (χ4n) is 4.86. The molecule has 0 bridgehead atoms. The van der Waals surface area contributed by atoms with E-state index in [4.69, 9.17) is 4.74 Å². The highest BCUT2D eigenvalue weighted by molar-refractivity contribution is 5.42. The second-order valence-corrected chi connectivity index (χ2v) is 9.20. The molecule has 1 aliphatic heterocycles. The normalized spacial score (nSPS) is 15.1. The Morgan fingerprint density at radius 2 is 1.91 bits per heavy atom. The number of benzene rings is 1. The number of aryl methyl sites for hydroxylation is 3. The lowest BCUT2D eigenvalue weighted by Gasteiger charge is -2.32. The highest BCUT2D eigenvalue weighted by atomic mass is 16.5. The Hall–Kier alpha value is -2.93. The van der Waals surface area contributed by atoms with Gasteiger partial charge in [0.05, 0.1) is 12.8 Å². The molecule has 2 aromatic heterocycles. The van der Waals surface area contributed by atoms with Gasteiger partial charge in [-0.1, -0.05) is 12.1 Å². The second-order valence-electron chi connectivity index (χ2n) is 9.20. The zero-order valence-electron chi connectivity index (χ0n) is 20.5. The number of H-pyrrole nitrogens is 1. The first-order valence-corrected chi connectivity index (χ1v) is 11.9. The van der Waals surface area contributed by atoms with Crippen LogP contribution in [-0.4, -0.2) is 52.3 Å². The minimum Gasteiger partial charge on any atom is -0.496 e. The van der Waals surface area contributed by atoms with Gasteiger partial charge in [0.15, 0.2) is 0 Å². The summed E-state index contributed by atoms with van der Waals surface area (Å²) in [7, 11) is 3.66. The van der Waals surface area contributed by atoms with Crippen molar-refractivity contribution in [2.75, 3.05) is 32.6 Å². The van der Waals surface area contributed by atoms with Gasteiger partial charge in [-0.3, -0.25) is 10.00 Å². The van der Waals surface area contributed by atoms with Crippen molar-refractivity contribution in [1.29, 1.82) is 0 Å². The molecule has 7 nitrogen and oxygen atoms in total. The molecule has 33 heavy (non-hydrogen) atoms.